The standard InChI is InChI=1S/C15H20N2O4/c1-15(2)9-16(11-4-3-5-13(11)18)12-8-10(17(19)20)6-7-14(12)21-15/h6-8,11,13,18H,3-5,9H2,1-2H3. The first-order valence-corrected chi connectivity index (χ1v) is 7.29. The Hall–Kier alpha value is -1.82. The molecule has 1 N–H and O–H groups in total. The van der Waals surface area contributed by atoms with Gasteiger partial charge in [-0.05, 0) is 39.2 Å². The predicted octanol–water partition coefficient (Wildman–Crippen LogP) is 2.49. The molecule has 1 saturated carbocycles. The Kier molecular flexibility index (Phi) is 3.28. The van der Waals surface area contributed by atoms with E-state index in [0.29, 0.717) is 12.3 Å². The van der Waals surface area contributed by atoms with Crippen LogP contribution < -0.4 is 9.64 Å². The fraction of sp³-hybridized carbons (Fsp3) is 0.600. The van der Waals surface area contributed by atoms with E-state index in [1.807, 2.05) is 13.8 Å². The fourth-order valence-corrected chi connectivity index (χ4v) is 3.34. The van der Waals surface area contributed by atoms with E-state index in [2.05, 4.69) is 4.90 Å². The van der Waals surface area contributed by atoms with Crippen molar-refractivity contribution in [2.75, 3.05) is 11.4 Å². The second kappa shape index (κ2) is 4.87. The molecule has 114 valence electrons. The molecule has 6 nitrogen and oxygen atoms in total. The third kappa shape index (κ3) is 2.55. The Morgan fingerprint density at radius 2 is 2.19 bits per heavy atom. The summed E-state index contributed by atoms with van der Waals surface area (Å²) in [6.45, 7) is 4.60. The maximum Gasteiger partial charge on any atom is 0.271 e. The highest BCUT2D eigenvalue weighted by Gasteiger charge is 2.40. The van der Waals surface area contributed by atoms with E-state index < -0.39 is 4.92 Å². The Bertz CT molecular complexity index is 573. The van der Waals surface area contributed by atoms with Crippen LogP contribution in [-0.4, -0.2) is 34.3 Å². The zero-order valence-corrected chi connectivity index (χ0v) is 12.3. The van der Waals surface area contributed by atoms with Crippen molar-refractivity contribution in [1.82, 2.24) is 0 Å². The number of fused-ring (bicyclic) bond motifs is 1. The number of hydrogen-bond donors (Lipinski definition) is 1. The molecule has 0 amide bonds. The van der Waals surface area contributed by atoms with E-state index in [9.17, 15) is 15.2 Å². The van der Waals surface area contributed by atoms with Crippen molar-refractivity contribution in [3.05, 3.63) is 28.3 Å². The van der Waals surface area contributed by atoms with Gasteiger partial charge in [0.15, 0.2) is 0 Å². The normalized spacial score (nSPS) is 27.1. The van der Waals surface area contributed by atoms with Crippen LogP contribution in [0.2, 0.25) is 0 Å². The number of aliphatic hydroxyl groups excluding tert-OH is 1. The van der Waals surface area contributed by atoms with Crippen LogP contribution in [0.1, 0.15) is 33.1 Å². The van der Waals surface area contributed by atoms with E-state index in [-0.39, 0.29) is 23.4 Å². The summed E-state index contributed by atoms with van der Waals surface area (Å²) in [7, 11) is 0. The van der Waals surface area contributed by atoms with Crippen LogP contribution in [0.5, 0.6) is 5.75 Å². The first kappa shape index (κ1) is 14.1. The number of hydrogen-bond acceptors (Lipinski definition) is 5. The number of nitrogens with zero attached hydrogens (tertiary/aromatic N) is 2. The first-order valence-electron chi connectivity index (χ1n) is 7.29. The zero-order chi connectivity index (χ0) is 15.2. The van der Waals surface area contributed by atoms with Crippen molar-refractivity contribution in [3.8, 4) is 5.75 Å². The number of ether oxygens (including phenoxy) is 1. The van der Waals surface area contributed by atoms with Crippen LogP contribution in [0, 0.1) is 10.1 Å². The second-order valence-corrected chi connectivity index (χ2v) is 6.46. The van der Waals surface area contributed by atoms with Crippen molar-refractivity contribution >= 4 is 11.4 Å². The number of anilines is 1. The molecule has 1 aliphatic carbocycles. The van der Waals surface area contributed by atoms with Crippen molar-refractivity contribution in [1.29, 1.82) is 0 Å². The van der Waals surface area contributed by atoms with E-state index in [1.165, 1.54) is 6.07 Å². The molecule has 0 spiro atoms. The minimum atomic E-state index is -0.400. The quantitative estimate of drug-likeness (QED) is 0.669. The van der Waals surface area contributed by atoms with Gasteiger partial charge >= 0.3 is 0 Å². The number of nitro benzene ring substituents is 1. The highest BCUT2D eigenvalue weighted by atomic mass is 16.6. The average molecular weight is 292 g/mol. The maximum atomic E-state index is 11.0. The summed E-state index contributed by atoms with van der Waals surface area (Å²) in [6, 6.07) is 4.68. The van der Waals surface area contributed by atoms with Gasteiger partial charge in [-0.1, -0.05) is 0 Å². The molecule has 3 rings (SSSR count). The summed E-state index contributed by atoms with van der Waals surface area (Å²) in [5, 5.41) is 21.2. The molecular weight excluding hydrogens is 272 g/mol. The molecule has 0 aromatic heterocycles. The summed E-state index contributed by atoms with van der Waals surface area (Å²) in [4.78, 5) is 12.7. The van der Waals surface area contributed by atoms with Crippen molar-refractivity contribution in [3.63, 3.8) is 0 Å². The molecule has 1 heterocycles. The summed E-state index contributed by atoms with van der Waals surface area (Å²) in [6.07, 6.45) is 2.28. The predicted molar refractivity (Wildman–Crippen MR) is 78.8 cm³/mol. The Morgan fingerprint density at radius 3 is 2.81 bits per heavy atom. The molecule has 1 aromatic carbocycles. The molecule has 0 radical (unpaired) electrons. The van der Waals surface area contributed by atoms with Crippen LogP contribution >= 0.6 is 0 Å². The fourth-order valence-electron chi connectivity index (χ4n) is 3.34. The molecule has 2 atom stereocenters. The largest absolute Gasteiger partial charge is 0.484 e. The van der Waals surface area contributed by atoms with Gasteiger partial charge in [0.05, 0.1) is 29.3 Å². The molecular formula is C15H20N2O4. The van der Waals surface area contributed by atoms with Gasteiger partial charge in [0.1, 0.15) is 11.4 Å². The number of non-ortho nitro benzene ring substituents is 1. The third-order valence-electron chi connectivity index (χ3n) is 4.24. The van der Waals surface area contributed by atoms with Gasteiger partial charge in [0.25, 0.3) is 5.69 Å². The molecule has 1 fully saturated rings. The molecule has 0 bridgehead atoms. The monoisotopic (exact) mass is 292 g/mol. The minimum Gasteiger partial charge on any atom is -0.484 e. The van der Waals surface area contributed by atoms with Crippen LogP contribution in [-0.2, 0) is 0 Å². The molecule has 2 aliphatic rings. The Balaban J connectivity index is 2.04. The highest BCUT2D eigenvalue weighted by Crippen LogP contribution is 2.42. The SMILES string of the molecule is CC1(C)CN(C2CCCC2O)c2cc([N+](=O)[O-])ccc2O1. The van der Waals surface area contributed by atoms with E-state index >= 15 is 0 Å². The number of rotatable bonds is 2. The molecule has 0 saturated heterocycles. The third-order valence-corrected chi connectivity index (χ3v) is 4.24. The van der Waals surface area contributed by atoms with Crippen molar-refractivity contribution < 1.29 is 14.8 Å². The topological polar surface area (TPSA) is 75.8 Å². The highest BCUT2D eigenvalue weighted by molar-refractivity contribution is 5.65. The summed E-state index contributed by atoms with van der Waals surface area (Å²) in [5.41, 5.74) is 0.384. The summed E-state index contributed by atoms with van der Waals surface area (Å²) in [5.74, 6) is 0.649. The second-order valence-electron chi connectivity index (χ2n) is 6.46. The first-order chi connectivity index (χ1) is 9.87. The molecule has 1 aliphatic heterocycles. The number of nitro groups is 1. The lowest BCUT2D eigenvalue weighted by atomic mass is 10.0. The van der Waals surface area contributed by atoms with Crippen LogP contribution in [0.3, 0.4) is 0 Å². The molecule has 21 heavy (non-hydrogen) atoms. The van der Waals surface area contributed by atoms with Gasteiger partial charge in [0.2, 0.25) is 0 Å². The van der Waals surface area contributed by atoms with Gasteiger partial charge in [-0.2, -0.15) is 0 Å². The molecule has 6 heteroatoms. The minimum absolute atomic E-state index is 0.00827. The van der Waals surface area contributed by atoms with E-state index in [4.69, 9.17) is 4.74 Å². The maximum absolute atomic E-state index is 11.0. The van der Waals surface area contributed by atoms with Crippen molar-refractivity contribution in [2.24, 2.45) is 0 Å². The number of benzene rings is 1. The Labute approximate surface area is 123 Å². The molecule has 2 unspecified atom stereocenters. The number of aliphatic hydroxyl groups is 1. The lowest BCUT2D eigenvalue weighted by Gasteiger charge is -2.44. The average Bonchev–Trinajstić information content (AvgIpc) is 2.82. The van der Waals surface area contributed by atoms with Gasteiger partial charge in [-0.15, -0.1) is 0 Å². The van der Waals surface area contributed by atoms with Crippen LogP contribution in [0.15, 0.2) is 18.2 Å². The van der Waals surface area contributed by atoms with Gasteiger partial charge in [0, 0.05) is 12.1 Å². The Morgan fingerprint density at radius 1 is 1.43 bits per heavy atom. The lowest BCUT2D eigenvalue weighted by molar-refractivity contribution is -0.384. The van der Waals surface area contributed by atoms with Crippen LogP contribution in [0.4, 0.5) is 11.4 Å². The van der Waals surface area contributed by atoms with Gasteiger partial charge < -0.3 is 14.7 Å². The van der Waals surface area contributed by atoms with E-state index in [1.54, 1.807) is 12.1 Å². The van der Waals surface area contributed by atoms with Crippen LogP contribution in [0.25, 0.3) is 0 Å². The molecule has 1 aromatic rings. The lowest BCUT2D eigenvalue weighted by Crippen LogP contribution is -2.53. The van der Waals surface area contributed by atoms with E-state index in [0.717, 1.165) is 24.9 Å². The summed E-state index contributed by atoms with van der Waals surface area (Å²) >= 11 is 0. The zero-order valence-electron chi connectivity index (χ0n) is 12.3. The van der Waals surface area contributed by atoms with Crippen molar-refractivity contribution in [2.45, 2.75) is 50.9 Å². The van der Waals surface area contributed by atoms with Gasteiger partial charge in [-0.3, -0.25) is 10.1 Å². The summed E-state index contributed by atoms with van der Waals surface area (Å²) < 4.78 is 5.93. The smallest absolute Gasteiger partial charge is 0.271 e. The van der Waals surface area contributed by atoms with Gasteiger partial charge in [-0.25, -0.2) is 0 Å².